The molecular formula is C34H43N3O6. The zero-order valence-electron chi connectivity index (χ0n) is 25.7. The van der Waals surface area contributed by atoms with E-state index in [-0.39, 0.29) is 35.9 Å². The highest BCUT2D eigenvalue weighted by atomic mass is 16.3. The summed E-state index contributed by atoms with van der Waals surface area (Å²) in [5, 5.41) is 38.2. The molecule has 0 saturated carbocycles. The molecule has 0 saturated heterocycles. The van der Waals surface area contributed by atoms with Gasteiger partial charge in [-0.25, -0.2) is 0 Å². The number of amides is 3. The summed E-state index contributed by atoms with van der Waals surface area (Å²) in [6, 6.07) is 17.7. The van der Waals surface area contributed by atoms with Gasteiger partial charge in [0.2, 0.25) is 5.91 Å². The third-order valence-electron chi connectivity index (χ3n) is 7.42. The van der Waals surface area contributed by atoms with Gasteiger partial charge in [0.05, 0.1) is 23.8 Å². The van der Waals surface area contributed by atoms with E-state index in [1.165, 1.54) is 24.0 Å². The smallest absolute Gasteiger partial charge is 0.255 e. The molecule has 3 unspecified atom stereocenters. The van der Waals surface area contributed by atoms with Crippen LogP contribution in [0.5, 0.6) is 11.5 Å². The quantitative estimate of drug-likeness (QED) is 0.221. The minimum atomic E-state index is -1.03. The van der Waals surface area contributed by atoms with Gasteiger partial charge in [0, 0.05) is 35.7 Å². The van der Waals surface area contributed by atoms with Crippen molar-refractivity contribution in [3.63, 3.8) is 0 Å². The Labute approximate surface area is 253 Å². The fourth-order valence-corrected chi connectivity index (χ4v) is 5.02. The predicted octanol–water partition coefficient (Wildman–Crippen LogP) is 4.64. The van der Waals surface area contributed by atoms with E-state index >= 15 is 0 Å². The minimum Gasteiger partial charge on any atom is -0.508 e. The first-order valence-electron chi connectivity index (χ1n) is 14.4. The first-order chi connectivity index (χ1) is 20.2. The SMILES string of the molecule is CC(=O)N(CCC(O)C(Cc1ccccc1)NC(=O)c1cccc(O)c1C)C(C)c1cccc(C(=O)NC(C)(C)C)c1O. The van der Waals surface area contributed by atoms with Gasteiger partial charge < -0.3 is 30.9 Å². The van der Waals surface area contributed by atoms with Crippen molar-refractivity contribution >= 4 is 17.7 Å². The number of carbonyl (C=O) groups is 3. The number of hydrogen-bond donors (Lipinski definition) is 5. The van der Waals surface area contributed by atoms with Crippen LogP contribution in [0.1, 0.15) is 84.5 Å². The number of rotatable bonds is 11. The summed E-state index contributed by atoms with van der Waals surface area (Å²) in [6.07, 6.45) is -0.563. The third-order valence-corrected chi connectivity index (χ3v) is 7.42. The van der Waals surface area contributed by atoms with Gasteiger partial charge >= 0.3 is 0 Å². The fourth-order valence-electron chi connectivity index (χ4n) is 5.02. The maximum Gasteiger partial charge on any atom is 0.255 e. The number of nitrogens with one attached hydrogen (secondary N) is 2. The Hall–Kier alpha value is -4.37. The molecule has 0 radical (unpaired) electrons. The van der Waals surface area contributed by atoms with E-state index in [0.29, 0.717) is 23.1 Å². The van der Waals surface area contributed by atoms with Gasteiger partial charge in [0.25, 0.3) is 11.8 Å². The Morgan fingerprint density at radius 2 is 1.51 bits per heavy atom. The van der Waals surface area contributed by atoms with Crippen molar-refractivity contribution < 1.29 is 29.7 Å². The molecule has 0 heterocycles. The lowest BCUT2D eigenvalue weighted by molar-refractivity contribution is -0.131. The molecule has 3 rings (SSSR count). The van der Waals surface area contributed by atoms with Gasteiger partial charge in [0.15, 0.2) is 0 Å². The largest absolute Gasteiger partial charge is 0.508 e. The summed E-state index contributed by atoms with van der Waals surface area (Å²) >= 11 is 0. The lowest BCUT2D eigenvalue weighted by Crippen LogP contribution is -2.46. The van der Waals surface area contributed by atoms with Crippen LogP contribution in [0.15, 0.2) is 66.7 Å². The number of aliphatic hydroxyl groups is 1. The minimum absolute atomic E-state index is 0.00195. The van der Waals surface area contributed by atoms with E-state index in [1.807, 2.05) is 51.1 Å². The lowest BCUT2D eigenvalue weighted by Gasteiger charge is -2.32. The Balaban J connectivity index is 1.81. The molecule has 0 bridgehead atoms. The summed E-state index contributed by atoms with van der Waals surface area (Å²) < 4.78 is 0. The Morgan fingerprint density at radius 3 is 2.14 bits per heavy atom. The highest BCUT2D eigenvalue weighted by Gasteiger charge is 2.28. The van der Waals surface area contributed by atoms with Crippen LogP contribution in [0.4, 0.5) is 0 Å². The molecule has 5 N–H and O–H groups in total. The molecule has 0 fully saturated rings. The van der Waals surface area contributed by atoms with Crippen molar-refractivity contribution in [2.75, 3.05) is 6.54 Å². The maximum atomic E-state index is 13.2. The lowest BCUT2D eigenvalue weighted by atomic mass is 9.97. The molecule has 0 aliphatic carbocycles. The van der Waals surface area contributed by atoms with Crippen molar-refractivity contribution in [1.82, 2.24) is 15.5 Å². The summed E-state index contributed by atoms with van der Waals surface area (Å²) in [6.45, 7) is 10.5. The number of benzene rings is 3. The van der Waals surface area contributed by atoms with Crippen LogP contribution in [-0.2, 0) is 11.2 Å². The normalized spacial score (nSPS) is 13.5. The summed E-state index contributed by atoms with van der Waals surface area (Å²) in [5.41, 5.74) is 1.65. The number of hydrogen-bond acceptors (Lipinski definition) is 6. The van der Waals surface area contributed by atoms with Crippen LogP contribution in [-0.4, -0.2) is 62.2 Å². The molecule has 3 aromatic carbocycles. The second-order valence-corrected chi connectivity index (χ2v) is 11.9. The van der Waals surface area contributed by atoms with Crippen LogP contribution in [0.2, 0.25) is 0 Å². The van der Waals surface area contributed by atoms with Crippen LogP contribution >= 0.6 is 0 Å². The molecule has 3 aromatic rings. The van der Waals surface area contributed by atoms with Crippen LogP contribution < -0.4 is 10.6 Å². The van der Waals surface area contributed by atoms with E-state index in [4.69, 9.17) is 0 Å². The van der Waals surface area contributed by atoms with E-state index in [1.54, 1.807) is 38.1 Å². The molecule has 9 heteroatoms. The molecule has 230 valence electrons. The third kappa shape index (κ3) is 8.81. The topological polar surface area (TPSA) is 139 Å². The highest BCUT2D eigenvalue weighted by molar-refractivity contribution is 5.98. The van der Waals surface area contributed by atoms with Crippen LogP contribution in [0.25, 0.3) is 0 Å². The summed E-state index contributed by atoms with van der Waals surface area (Å²) in [5.74, 6) is -1.34. The van der Waals surface area contributed by atoms with Gasteiger partial charge in [-0.2, -0.15) is 0 Å². The molecule has 9 nitrogen and oxygen atoms in total. The average Bonchev–Trinajstić information content (AvgIpc) is 2.93. The van der Waals surface area contributed by atoms with Gasteiger partial charge in [-0.1, -0.05) is 48.5 Å². The maximum absolute atomic E-state index is 13.2. The van der Waals surface area contributed by atoms with Crippen molar-refractivity contribution in [3.8, 4) is 11.5 Å². The first kappa shape index (κ1) is 33.1. The number of phenolic OH excluding ortho intramolecular Hbond substituents is 2. The number of aliphatic hydroxyl groups excluding tert-OH is 1. The molecule has 3 atom stereocenters. The molecule has 0 spiro atoms. The van der Waals surface area contributed by atoms with Crippen LogP contribution in [0, 0.1) is 6.92 Å². The zero-order valence-corrected chi connectivity index (χ0v) is 25.7. The number of carbonyl (C=O) groups excluding carboxylic acids is 3. The number of phenols is 2. The Bertz CT molecular complexity index is 1430. The van der Waals surface area contributed by atoms with Crippen molar-refractivity contribution in [2.45, 2.75) is 78.1 Å². The number of nitrogens with zero attached hydrogens (tertiary/aromatic N) is 1. The molecule has 0 aromatic heterocycles. The van der Waals surface area contributed by atoms with Crippen molar-refractivity contribution in [1.29, 1.82) is 0 Å². The number of para-hydroxylation sites is 1. The van der Waals surface area contributed by atoms with Gasteiger partial charge in [0.1, 0.15) is 11.5 Å². The van der Waals surface area contributed by atoms with E-state index in [0.717, 1.165) is 5.56 Å². The van der Waals surface area contributed by atoms with Crippen molar-refractivity contribution in [2.24, 2.45) is 0 Å². The second-order valence-electron chi connectivity index (χ2n) is 11.9. The van der Waals surface area contributed by atoms with Gasteiger partial charge in [-0.15, -0.1) is 0 Å². The van der Waals surface area contributed by atoms with E-state index in [2.05, 4.69) is 10.6 Å². The fraction of sp³-hybridized carbons (Fsp3) is 0.382. The molecule has 3 amide bonds. The van der Waals surface area contributed by atoms with E-state index < -0.39 is 35.5 Å². The zero-order chi connectivity index (χ0) is 31.9. The molecule has 43 heavy (non-hydrogen) atoms. The monoisotopic (exact) mass is 589 g/mol. The van der Waals surface area contributed by atoms with Crippen molar-refractivity contribution in [3.05, 3.63) is 94.5 Å². The number of aromatic hydroxyl groups is 2. The van der Waals surface area contributed by atoms with Gasteiger partial charge in [-0.3, -0.25) is 14.4 Å². The molecular weight excluding hydrogens is 546 g/mol. The highest BCUT2D eigenvalue weighted by Crippen LogP contribution is 2.32. The Kier molecular flexibility index (Phi) is 10.9. The second kappa shape index (κ2) is 14.2. The standard InChI is InChI=1S/C34H43N3O6/c1-21-25(14-11-17-29(21)39)32(42)35-28(20-24-12-8-7-9-13-24)30(40)18-19-37(23(3)38)22(2)26-15-10-16-27(31(26)41)33(43)36-34(4,5)6/h7-17,22,28,30,39-41H,18-20H2,1-6H3,(H,35,42)(H,36,43). The average molecular weight is 590 g/mol. The van der Waals surface area contributed by atoms with Gasteiger partial charge in [-0.05, 0) is 71.2 Å². The van der Waals surface area contributed by atoms with Crippen LogP contribution in [0.3, 0.4) is 0 Å². The molecule has 0 aliphatic rings. The molecule has 0 aliphatic heterocycles. The summed E-state index contributed by atoms with van der Waals surface area (Å²) in [7, 11) is 0. The van der Waals surface area contributed by atoms with E-state index in [9.17, 15) is 29.7 Å². The first-order valence-corrected chi connectivity index (χ1v) is 14.4. The summed E-state index contributed by atoms with van der Waals surface area (Å²) in [4.78, 5) is 40.3. The Morgan fingerprint density at radius 1 is 0.884 bits per heavy atom. The predicted molar refractivity (Wildman–Crippen MR) is 166 cm³/mol.